The lowest BCUT2D eigenvalue weighted by Gasteiger charge is -2.30. The van der Waals surface area contributed by atoms with E-state index in [2.05, 4.69) is 22.9 Å². The third-order valence-corrected chi connectivity index (χ3v) is 4.02. The lowest BCUT2D eigenvalue weighted by Crippen LogP contribution is -2.36. The van der Waals surface area contributed by atoms with Gasteiger partial charge in [-0.2, -0.15) is 5.26 Å². The van der Waals surface area contributed by atoms with Gasteiger partial charge in [-0.15, -0.1) is 0 Å². The largest absolute Gasteiger partial charge is 0.457 e. The van der Waals surface area contributed by atoms with Crippen LogP contribution in [0.2, 0.25) is 0 Å². The minimum atomic E-state index is -0.442. The first-order chi connectivity index (χ1) is 11.7. The number of carbonyl (C=O) groups is 1. The second-order valence-electron chi connectivity index (χ2n) is 5.71. The molecule has 0 radical (unpaired) electrons. The molecule has 0 amide bonds. The number of benzene rings is 1. The molecule has 2 heterocycles. The molecule has 1 aliphatic heterocycles. The summed E-state index contributed by atoms with van der Waals surface area (Å²) in [6, 6.07) is 9.50. The van der Waals surface area contributed by atoms with Gasteiger partial charge in [0.05, 0.1) is 18.8 Å². The normalized spacial score (nSPS) is 14.2. The fourth-order valence-electron chi connectivity index (χ4n) is 2.78. The van der Waals surface area contributed by atoms with Gasteiger partial charge in [-0.05, 0) is 30.2 Å². The van der Waals surface area contributed by atoms with E-state index >= 15 is 0 Å². The van der Waals surface area contributed by atoms with Crippen molar-refractivity contribution in [3.8, 4) is 6.07 Å². The van der Waals surface area contributed by atoms with E-state index in [0.717, 1.165) is 37.4 Å². The molecule has 6 heteroatoms. The molecule has 0 bridgehead atoms. The Morgan fingerprint density at radius 2 is 2.17 bits per heavy atom. The first-order valence-corrected chi connectivity index (χ1v) is 7.85. The molecule has 1 saturated heterocycles. The second-order valence-corrected chi connectivity index (χ2v) is 5.71. The summed E-state index contributed by atoms with van der Waals surface area (Å²) in [5, 5.41) is 8.76. The highest BCUT2D eigenvalue weighted by Crippen LogP contribution is 2.22. The lowest BCUT2D eigenvalue weighted by molar-refractivity contribution is 0.0473. The lowest BCUT2D eigenvalue weighted by atomic mass is 10.1. The molecule has 124 valence electrons. The zero-order valence-electron chi connectivity index (χ0n) is 13.5. The number of H-pyrrole nitrogens is 1. The first-order valence-electron chi connectivity index (χ1n) is 7.85. The van der Waals surface area contributed by atoms with Gasteiger partial charge >= 0.3 is 5.97 Å². The maximum atomic E-state index is 12.0. The zero-order valence-corrected chi connectivity index (χ0v) is 13.5. The standard InChI is InChI=1S/C18H19N3O3/c1-13-8-14(2-3-17(13)21-4-6-23-7-5-21)12-24-18(22)15-9-16(10-19)20-11-15/h2-3,8-9,11,20H,4-7,12H2,1H3. The number of carbonyl (C=O) groups excluding carboxylic acids is 1. The van der Waals surface area contributed by atoms with Gasteiger partial charge in [-0.25, -0.2) is 4.79 Å². The van der Waals surface area contributed by atoms with Crippen molar-refractivity contribution in [2.75, 3.05) is 31.2 Å². The summed E-state index contributed by atoms with van der Waals surface area (Å²) in [4.78, 5) is 17.0. The predicted octanol–water partition coefficient (Wildman–Crippen LogP) is 2.39. The van der Waals surface area contributed by atoms with Crippen molar-refractivity contribution in [1.29, 1.82) is 5.26 Å². The number of hydrogen-bond acceptors (Lipinski definition) is 5. The van der Waals surface area contributed by atoms with Crippen LogP contribution in [0.25, 0.3) is 0 Å². The summed E-state index contributed by atoms with van der Waals surface area (Å²) in [6.45, 7) is 5.55. The number of morpholine rings is 1. The Balaban J connectivity index is 1.62. The molecule has 3 rings (SSSR count). The van der Waals surface area contributed by atoms with Crippen LogP contribution in [0, 0.1) is 18.3 Å². The van der Waals surface area contributed by atoms with Gasteiger partial charge in [0.1, 0.15) is 18.4 Å². The average Bonchev–Trinajstić information content (AvgIpc) is 3.10. The highest BCUT2D eigenvalue weighted by molar-refractivity contribution is 5.89. The smallest absolute Gasteiger partial charge is 0.340 e. The van der Waals surface area contributed by atoms with E-state index in [4.69, 9.17) is 14.7 Å². The van der Waals surface area contributed by atoms with Gasteiger partial charge in [0, 0.05) is 25.0 Å². The summed E-state index contributed by atoms with van der Waals surface area (Å²) in [5.41, 5.74) is 3.98. The molecular formula is C18H19N3O3. The molecule has 0 aliphatic carbocycles. The molecule has 0 spiro atoms. The Morgan fingerprint density at radius 1 is 1.38 bits per heavy atom. The van der Waals surface area contributed by atoms with Gasteiger partial charge in [0.2, 0.25) is 0 Å². The van der Waals surface area contributed by atoms with Crippen LogP contribution in [-0.4, -0.2) is 37.3 Å². The van der Waals surface area contributed by atoms with E-state index in [-0.39, 0.29) is 6.61 Å². The van der Waals surface area contributed by atoms with E-state index < -0.39 is 5.97 Å². The van der Waals surface area contributed by atoms with E-state index in [1.165, 1.54) is 18.0 Å². The Bertz CT molecular complexity index is 770. The number of nitrogens with one attached hydrogen (secondary N) is 1. The van der Waals surface area contributed by atoms with Crippen LogP contribution >= 0.6 is 0 Å². The highest BCUT2D eigenvalue weighted by atomic mass is 16.5. The van der Waals surface area contributed by atoms with Crippen molar-refractivity contribution in [3.63, 3.8) is 0 Å². The Morgan fingerprint density at radius 3 is 2.83 bits per heavy atom. The average molecular weight is 325 g/mol. The number of hydrogen-bond donors (Lipinski definition) is 1. The number of ether oxygens (including phenoxy) is 2. The third kappa shape index (κ3) is 3.58. The van der Waals surface area contributed by atoms with Crippen molar-refractivity contribution in [2.24, 2.45) is 0 Å². The molecule has 2 aromatic rings. The van der Waals surface area contributed by atoms with Crippen molar-refractivity contribution in [2.45, 2.75) is 13.5 Å². The van der Waals surface area contributed by atoms with Gasteiger partial charge in [0.15, 0.2) is 0 Å². The van der Waals surface area contributed by atoms with Crippen molar-refractivity contribution in [3.05, 3.63) is 52.8 Å². The van der Waals surface area contributed by atoms with E-state index in [1.54, 1.807) is 0 Å². The number of aromatic amines is 1. The fraction of sp³-hybridized carbons (Fsp3) is 0.333. The maximum Gasteiger partial charge on any atom is 0.340 e. The minimum Gasteiger partial charge on any atom is -0.457 e. The molecule has 1 aliphatic rings. The monoisotopic (exact) mass is 325 g/mol. The second kappa shape index (κ2) is 7.20. The number of nitriles is 1. The van der Waals surface area contributed by atoms with Crippen LogP contribution in [0.15, 0.2) is 30.5 Å². The van der Waals surface area contributed by atoms with Crippen LogP contribution in [-0.2, 0) is 16.1 Å². The maximum absolute atomic E-state index is 12.0. The molecular weight excluding hydrogens is 306 g/mol. The van der Waals surface area contributed by atoms with Crippen LogP contribution in [0.3, 0.4) is 0 Å². The summed E-state index contributed by atoms with van der Waals surface area (Å²) >= 11 is 0. The third-order valence-electron chi connectivity index (χ3n) is 4.02. The number of aromatic nitrogens is 1. The molecule has 24 heavy (non-hydrogen) atoms. The van der Waals surface area contributed by atoms with Crippen LogP contribution in [0.1, 0.15) is 27.2 Å². The first kappa shape index (κ1) is 16.1. The molecule has 0 unspecified atom stereocenters. The van der Waals surface area contributed by atoms with Gasteiger partial charge in [-0.3, -0.25) is 0 Å². The van der Waals surface area contributed by atoms with Crippen molar-refractivity contribution in [1.82, 2.24) is 4.98 Å². The predicted molar refractivity (Wildman–Crippen MR) is 88.8 cm³/mol. The summed E-state index contributed by atoms with van der Waals surface area (Å²) < 4.78 is 10.7. The Hall–Kier alpha value is -2.78. The molecule has 1 aromatic heterocycles. The van der Waals surface area contributed by atoms with Gasteiger partial charge in [-0.1, -0.05) is 12.1 Å². The number of nitrogens with zero attached hydrogens (tertiary/aromatic N) is 2. The summed E-state index contributed by atoms with van der Waals surface area (Å²) in [6.07, 6.45) is 1.48. The Labute approximate surface area is 140 Å². The number of rotatable bonds is 4. The van der Waals surface area contributed by atoms with E-state index in [1.807, 2.05) is 18.2 Å². The van der Waals surface area contributed by atoms with E-state index in [9.17, 15) is 4.79 Å². The number of anilines is 1. The highest BCUT2D eigenvalue weighted by Gasteiger charge is 2.14. The number of esters is 1. The molecule has 1 N–H and O–H groups in total. The quantitative estimate of drug-likeness (QED) is 0.873. The van der Waals surface area contributed by atoms with E-state index in [0.29, 0.717) is 11.3 Å². The van der Waals surface area contributed by atoms with Gasteiger partial charge in [0.25, 0.3) is 0 Å². The van der Waals surface area contributed by atoms with Crippen molar-refractivity contribution < 1.29 is 14.3 Å². The summed E-state index contributed by atoms with van der Waals surface area (Å²) in [5.74, 6) is -0.442. The topological polar surface area (TPSA) is 78.3 Å². The fourth-order valence-corrected chi connectivity index (χ4v) is 2.78. The zero-order chi connectivity index (χ0) is 16.9. The van der Waals surface area contributed by atoms with Gasteiger partial charge < -0.3 is 19.4 Å². The minimum absolute atomic E-state index is 0.204. The van der Waals surface area contributed by atoms with Crippen LogP contribution in [0.4, 0.5) is 5.69 Å². The SMILES string of the molecule is Cc1cc(COC(=O)c2c[nH]c(C#N)c2)ccc1N1CCOCC1. The van der Waals surface area contributed by atoms with Crippen LogP contribution in [0.5, 0.6) is 0 Å². The van der Waals surface area contributed by atoms with Crippen molar-refractivity contribution >= 4 is 11.7 Å². The Kier molecular flexibility index (Phi) is 4.82. The molecule has 1 fully saturated rings. The molecule has 0 saturated carbocycles. The number of aryl methyl sites for hydroxylation is 1. The molecule has 6 nitrogen and oxygen atoms in total. The molecule has 0 atom stereocenters. The van der Waals surface area contributed by atoms with Crippen LogP contribution < -0.4 is 4.90 Å². The summed E-state index contributed by atoms with van der Waals surface area (Å²) in [7, 11) is 0. The molecule has 1 aromatic carbocycles.